The van der Waals surface area contributed by atoms with E-state index in [0.29, 0.717) is 12.5 Å². The number of aromatic nitrogens is 3. The second kappa shape index (κ2) is 7.72. The van der Waals surface area contributed by atoms with E-state index in [-0.39, 0.29) is 5.82 Å². The first-order chi connectivity index (χ1) is 12.1. The van der Waals surface area contributed by atoms with Crippen molar-refractivity contribution in [2.75, 3.05) is 19.8 Å². The topological polar surface area (TPSA) is 77.2 Å². The van der Waals surface area contributed by atoms with Gasteiger partial charge in [-0.2, -0.15) is 0 Å². The number of anilines is 1. The fourth-order valence-corrected chi connectivity index (χ4v) is 2.40. The highest BCUT2D eigenvalue weighted by molar-refractivity contribution is 5.61. The van der Waals surface area contributed by atoms with Crippen molar-refractivity contribution >= 4 is 5.82 Å². The Labute approximate surface area is 147 Å². The van der Waals surface area contributed by atoms with Gasteiger partial charge in [-0.15, -0.1) is 0 Å². The van der Waals surface area contributed by atoms with Gasteiger partial charge >= 0.3 is 0 Å². The second-order valence-electron chi connectivity index (χ2n) is 6.02. The van der Waals surface area contributed by atoms with Gasteiger partial charge in [-0.1, -0.05) is 24.3 Å². The average Bonchev–Trinajstić information content (AvgIpc) is 2.62. The Balaban J connectivity index is 1.76. The van der Waals surface area contributed by atoms with Crippen LogP contribution in [0.15, 0.2) is 55.0 Å². The lowest BCUT2D eigenvalue weighted by Gasteiger charge is -2.11. The molecule has 0 fully saturated rings. The van der Waals surface area contributed by atoms with Crippen molar-refractivity contribution in [3.8, 4) is 17.1 Å². The van der Waals surface area contributed by atoms with E-state index in [9.17, 15) is 0 Å². The van der Waals surface area contributed by atoms with Crippen LogP contribution in [-0.2, 0) is 13.2 Å². The van der Waals surface area contributed by atoms with Crippen molar-refractivity contribution in [2.24, 2.45) is 0 Å². The Kier molecular flexibility index (Phi) is 5.20. The van der Waals surface area contributed by atoms with Crippen molar-refractivity contribution in [3.05, 3.63) is 66.1 Å². The predicted molar refractivity (Wildman–Crippen MR) is 97.8 cm³/mol. The molecule has 0 unspecified atom stereocenters. The van der Waals surface area contributed by atoms with Gasteiger partial charge in [0.25, 0.3) is 5.88 Å². The highest BCUT2D eigenvalue weighted by Gasteiger charge is 2.08. The number of hydrogen-bond donors (Lipinski definition) is 1. The Morgan fingerprint density at radius 3 is 2.40 bits per heavy atom. The lowest BCUT2D eigenvalue weighted by Crippen LogP contribution is -2.10. The summed E-state index contributed by atoms with van der Waals surface area (Å²) in [7, 11) is 4.09. The smallest absolute Gasteiger partial charge is 0.258 e. The minimum absolute atomic E-state index is 0.280. The molecular formula is C19H21N5O. The molecule has 2 N–H and O–H groups in total. The maximum absolute atomic E-state index is 5.89. The summed E-state index contributed by atoms with van der Waals surface area (Å²) in [5.41, 5.74) is 9.84. The van der Waals surface area contributed by atoms with Gasteiger partial charge in [0.2, 0.25) is 0 Å². The zero-order chi connectivity index (χ0) is 17.6. The molecule has 0 aliphatic carbocycles. The van der Waals surface area contributed by atoms with E-state index < -0.39 is 0 Å². The lowest BCUT2D eigenvalue weighted by atomic mass is 10.1. The van der Waals surface area contributed by atoms with Gasteiger partial charge in [0.1, 0.15) is 6.61 Å². The first-order valence-corrected chi connectivity index (χ1v) is 8.00. The van der Waals surface area contributed by atoms with Crippen molar-refractivity contribution in [3.63, 3.8) is 0 Å². The SMILES string of the molecule is CN(C)Cc1ccc(-c2cnc(N)c(OCc3ccncc3)n2)cc1. The summed E-state index contributed by atoms with van der Waals surface area (Å²) >= 11 is 0. The molecule has 2 heterocycles. The Bertz CT molecular complexity index is 819. The standard InChI is InChI=1S/C19H21N5O/c1-24(2)12-14-3-5-16(6-4-14)17-11-22-18(20)19(23-17)25-13-15-7-9-21-10-8-15/h3-11H,12-13H2,1-2H3,(H2,20,22). The summed E-state index contributed by atoms with van der Waals surface area (Å²) in [4.78, 5) is 14.8. The minimum Gasteiger partial charge on any atom is -0.470 e. The van der Waals surface area contributed by atoms with Crippen LogP contribution in [0.5, 0.6) is 5.88 Å². The lowest BCUT2D eigenvalue weighted by molar-refractivity contribution is 0.295. The minimum atomic E-state index is 0.280. The molecule has 3 aromatic rings. The molecule has 6 heteroatoms. The normalized spacial score (nSPS) is 10.8. The number of ether oxygens (including phenoxy) is 1. The number of benzene rings is 1. The number of rotatable bonds is 6. The zero-order valence-electron chi connectivity index (χ0n) is 14.4. The van der Waals surface area contributed by atoms with Gasteiger partial charge < -0.3 is 15.4 Å². The van der Waals surface area contributed by atoms with E-state index in [4.69, 9.17) is 10.5 Å². The summed E-state index contributed by atoms with van der Waals surface area (Å²) in [5, 5.41) is 0. The molecule has 0 spiro atoms. The van der Waals surface area contributed by atoms with Crippen LogP contribution in [0.2, 0.25) is 0 Å². The third-order valence-corrected chi connectivity index (χ3v) is 3.64. The molecule has 25 heavy (non-hydrogen) atoms. The molecule has 0 aliphatic rings. The van der Waals surface area contributed by atoms with Gasteiger partial charge in [0, 0.05) is 24.5 Å². The first-order valence-electron chi connectivity index (χ1n) is 8.00. The monoisotopic (exact) mass is 335 g/mol. The number of nitrogen functional groups attached to an aromatic ring is 1. The van der Waals surface area contributed by atoms with Crippen LogP contribution in [0.1, 0.15) is 11.1 Å². The summed E-state index contributed by atoms with van der Waals surface area (Å²) in [6.45, 7) is 1.26. The largest absolute Gasteiger partial charge is 0.470 e. The van der Waals surface area contributed by atoms with Gasteiger partial charge in [-0.25, -0.2) is 9.97 Å². The maximum atomic E-state index is 5.89. The Hall–Kier alpha value is -2.99. The average molecular weight is 335 g/mol. The summed E-state index contributed by atoms with van der Waals surface area (Å²) in [5.74, 6) is 0.619. The van der Waals surface area contributed by atoms with Gasteiger partial charge in [0.05, 0.1) is 11.9 Å². The van der Waals surface area contributed by atoms with E-state index in [1.54, 1.807) is 18.6 Å². The van der Waals surface area contributed by atoms with Crippen LogP contribution in [0.4, 0.5) is 5.82 Å². The van der Waals surface area contributed by atoms with E-state index in [1.165, 1.54) is 5.56 Å². The quantitative estimate of drug-likeness (QED) is 0.746. The first kappa shape index (κ1) is 16.9. The van der Waals surface area contributed by atoms with Crippen LogP contribution < -0.4 is 10.5 Å². The third kappa shape index (κ3) is 4.51. The highest BCUT2D eigenvalue weighted by Crippen LogP contribution is 2.24. The summed E-state index contributed by atoms with van der Waals surface area (Å²) in [6, 6.07) is 12.0. The van der Waals surface area contributed by atoms with E-state index in [2.05, 4.69) is 32.0 Å². The number of hydrogen-bond acceptors (Lipinski definition) is 6. The van der Waals surface area contributed by atoms with Crippen molar-refractivity contribution in [1.82, 2.24) is 19.9 Å². The predicted octanol–water partition coefficient (Wildman–Crippen LogP) is 2.76. The number of pyridine rings is 1. The van der Waals surface area contributed by atoms with Crippen molar-refractivity contribution in [2.45, 2.75) is 13.2 Å². The molecule has 6 nitrogen and oxygen atoms in total. The van der Waals surface area contributed by atoms with Gasteiger partial charge in [-0.05, 0) is 37.4 Å². The summed E-state index contributed by atoms with van der Waals surface area (Å²) in [6.07, 6.45) is 5.11. The van der Waals surface area contributed by atoms with Crippen LogP contribution in [0, 0.1) is 0 Å². The van der Waals surface area contributed by atoms with Crippen LogP contribution in [0.3, 0.4) is 0 Å². The molecule has 0 aliphatic heterocycles. The molecular weight excluding hydrogens is 314 g/mol. The van der Waals surface area contributed by atoms with Gasteiger partial charge in [0.15, 0.2) is 5.82 Å². The molecule has 0 bridgehead atoms. The molecule has 0 radical (unpaired) electrons. The second-order valence-corrected chi connectivity index (χ2v) is 6.02. The van der Waals surface area contributed by atoms with E-state index in [0.717, 1.165) is 23.4 Å². The fraction of sp³-hybridized carbons (Fsp3) is 0.211. The molecule has 0 saturated carbocycles. The van der Waals surface area contributed by atoms with Crippen molar-refractivity contribution in [1.29, 1.82) is 0 Å². The van der Waals surface area contributed by atoms with E-state index >= 15 is 0 Å². The van der Waals surface area contributed by atoms with Crippen LogP contribution in [-0.4, -0.2) is 33.9 Å². The molecule has 0 saturated heterocycles. The summed E-state index contributed by atoms with van der Waals surface area (Å²) < 4.78 is 5.73. The number of nitrogens with zero attached hydrogens (tertiary/aromatic N) is 4. The highest BCUT2D eigenvalue weighted by atomic mass is 16.5. The maximum Gasteiger partial charge on any atom is 0.258 e. The van der Waals surface area contributed by atoms with Crippen molar-refractivity contribution < 1.29 is 4.74 Å². The van der Waals surface area contributed by atoms with Crippen LogP contribution >= 0.6 is 0 Å². The third-order valence-electron chi connectivity index (χ3n) is 3.64. The van der Waals surface area contributed by atoms with Crippen LogP contribution in [0.25, 0.3) is 11.3 Å². The Morgan fingerprint density at radius 1 is 1.00 bits per heavy atom. The molecule has 2 aromatic heterocycles. The molecule has 1 aromatic carbocycles. The zero-order valence-corrected chi connectivity index (χ0v) is 14.4. The molecule has 3 rings (SSSR count). The number of nitrogens with two attached hydrogens (primary N) is 1. The van der Waals surface area contributed by atoms with E-state index in [1.807, 2.05) is 38.4 Å². The molecule has 0 atom stereocenters. The Morgan fingerprint density at radius 2 is 1.72 bits per heavy atom. The molecule has 128 valence electrons. The fourth-order valence-electron chi connectivity index (χ4n) is 2.40. The van der Waals surface area contributed by atoms with Gasteiger partial charge in [-0.3, -0.25) is 4.98 Å². The molecule has 0 amide bonds.